The first-order chi connectivity index (χ1) is 3.80. The monoisotopic (exact) mass is 106 g/mol. The van der Waals surface area contributed by atoms with Gasteiger partial charge in [0.05, 0.1) is 0 Å². The van der Waals surface area contributed by atoms with Crippen LogP contribution in [0.15, 0.2) is 0 Å². The van der Waals surface area contributed by atoms with Crippen molar-refractivity contribution in [1.82, 2.24) is 0 Å². The smallest absolute Gasteiger partial charge is 0.166 e. The Morgan fingerprint density at radius 1 is 0.875 bits per heavy atom. The molecule has 0 aliphatic rings. The molecule has 1 aromatic carbocycles. The molecule has 0 unspecified atom stereocenters. The van der Waals surface area contributed by atoms with E-state index in [4.69, 9.17) is 10.2 Å². The van der Waals surface area contributed by atoms with Gasteiger partial charge in [-0.1, -0.05) is 0 Å². The third kappa shape index (κ3) is 0.729. The van der Waals surface area contributed by atoms with Crippen LogP contribution < -0.4 is 0 Å². The van der Waals surface area contributed by atoms with Gasteiger partial charge in [-0.25, -0.2) is 0 Å². The summed E-state index contributed by atoms with van der Waals surface area (Å²) in [6.07, 6.45) is 0. The minimum atomic E-state index is -0.344. The fourth-order valence-electron chi connectivity index (χ4n) is 0.299. The van der Waals surface area contributed by atoms with E-state index in [-0.39, 0.29) is 11.5 Å². The molecule has 2 heteroatoms. The van der Waals surface area contributed by atoms with E-state index in [0.717, 1.165) is 0 Å². The van der Waals surface area contributed by atoms with Crippen LogP contribution in [0.25, 0.3) is 0 Å². The quantitative estimate of drug-likeness (QED) is 0.467. The normalized spacial score (nSPS) is 9.00. The zero-order valence-electron chi connectivity index (χ0n) is 3.89. The van der Waals surface area contributed by atoms with Crippen LogP contribution >= 0.6 is 0 Å². The molecule has 0 aromatic heterocycles. The van der Waals surface area contributed by atoms with Crippen LogP contribution in [0.1, 0.15) is 0 Å². The Bertz CT molecular complexity index is 163. The summed E-state index contributed by atoms with van der Waals surface area (Å²) in [6.45, 7) is 0. The lowest BCUT2D eigenvalue weighted by molar-refractivity contribution is 0.402. The van der Waals surface area contributed by atoms with E-state index >= 15 is 0 Å². The minimum Gasteiger partial charge on any atom is -0.504 e. The van der Waals surface area contributed by atoms with E-state index in [1.165, 1.54) is 0 Å². The first kappa shape index (κ1) is 4.97. The molecule has 0 saturated heterocycles. The molecule has 0 amide bonds. The minimum absolute atomic E-state index is 0.344. The van der Waals surface area contributed by atoms with Gasteiger partial charge in [0.2, 0.25) is 0 Å². The number of rotatable bonds is 0. The number of aromatic hydroxyl groups is 2. The SMILES string of the molecule is Oc1[c][c][c][c]c1O. The highest BCUT2D eigenvalue weighted by molar-refractivity contribution is 5.32. The third-order valence-corrected chi connectivity index (χ3v) is 0.649. The van der Waals surface area contributed by atoms with Gasteiger partial charge in [-0.05, 0) is 0 Å². The molecule has 0 fully saturated rings. The van der Waals surface area contributed by atoms with Gasteiger partial charge in [0.1, 0.15) is 0 Å². The van der Waals surface area contributed by atoms with Gasteiger partial charge in [-0.15, -0.1) is 0 Å². The second-order valence-corrected chi connectivity index (χ2v) is 1.20. The van der Waals surface area contributed by atoms with Crippen molar-refractivity contribution in [3.05, 3.63) is 24.3 Å². The number of phenols is 2. The van der Waals surface area contributed by atoms with Crippen LogP contribution in [0.4, 0.5) is 0 Å². The van der Waals surface area contributed by atoms with Gasteiger partial charge in [0, 0.05) is 24.3 Å². The predicted molar refractivity (Wildman–Crippen MR) is 25.1 cm³/mol. The Kier molecular flexibility index (Phi) is 1.08. The summed E-state index contributed by atoms with van der Waals surface area (Å²) in [5, 5.41) is 17.1. The molecule has 8 heavy (non-hydrogen) atoms. The molecule has 0 bridgehead atoms. The Morgan fingerprint density at radius 2 is 1.25 bits per heavy atom. The van der Waals surface area contributed by atoms with Crippen LogP contribution in [0.3, 0.4) is 0 Å². The zero-order valence-corrected chi connectivity index (χ0v) is 3.89. The second-order valence-electron chi connectivity index (χ2n) is 1.20. The van der Waals surface area contributed by atoms with Gasteiger partial charge in [0.15, 0.2) is 11.5 Å². The summed E-state index contributed by atoms with van der Waals surface area (Å²) >= 11 is 0. The lowest BCUT2D eigenvalue weighted by Crippen LogP contribution is -1.66. The summed E-state index contributed by atoms with van der Waals surface area (Å²) in [5.74, 6) is -0.687. The first-order valence-electron chi connectivity index (χ1n) is 1.95. The van der Waals surface area contributed by atoms with Crippen molar-refractivity contribution >= 4 is 0 Å². The molecule has 0 atom stereocenters. The van der Waals surface area contributed by atoms with Crippen molar-refractivity contribution in [2.24, 2.45) is 0 Å². The molecule has 1 rings (SSSR count). The summed E-state index contributed by atoms with van der Waals surface area (Å²) in [4.78, 5) is 0. The van der Waals surface area contributed by atoms with Crippen molar-refractivity contribution < 1.29 is 10.2 Å². The average Bonchev–Trinajstić information content (AvgIpc) is 1.77. The van der Waals surface area contributed by atoms with Crippen molar-refractivity contribution in [2.45, 2.75) is 0 Å². The third-order valence-electron chi connectivity index (χ3n) is 0.649. The van der Waals surface area contributed by atoms with Crippen LogP contribution in [0, 0.1) is 24.3 Å². The maximum absolute atomic E-state index is 8.53. The predicted octanol–water partition coefficient (Wildman–Crippen LogP) is 0.299. The van der Waals surface area contributed by atoms with Crippen LogP contribution in [-0.4, -0.2) is 10.2 Å². The van der Waals surface area contributed by atoms with Gasteiger partial charge in [-0.2, -0.15) is 0 Å². The zero-order chi connectivity index (χ0) is 5.98. The molecule has 2 nitrogen and oxygen atoms in total. The van der Waals surface area contributed by atoms with Crippen molar-refractivity contribution in [3.8, 4) is 11.5 Å². The standard InChI is InChI=1S/C6H2O2/c7-5-3-1-2-4-6(5)8/h7-8H. The Hall–Kier alpha value is -1.18. The van der Waals surface area contributed by atoms with E-state index < -0.39 is 0 Å². The van der Waals surface area contributed by atoms with Crippen molar-refractivity contribution in [3.63, 3.8) is 0 Å². The molecule has 0 heterocycles. The topological polar surface area (TPSA) is 40.5 Å². The maximum Gasteiger partial charge on any atom is 0.166 e. The Labute approximate surface area is 47.0 Å². The highest BCUT2D eigenvalue weighted by Crippen LogP contribution is 2.19. The summed E-state index contributed by atoms with van der Waals surface area (Å²) in [5.41, 5.74) is 0. The van der Waals surface area contributed by atoms with E-state index in [9.17, 15) is 0 Å². The van der Waals surface area contributed by atoms with Gasteiger partial charge < -0.3 is 10.2 Å². The molecule has 2 N–H and O–H groups in total. The van der Waals surface area contributed by atoms with Crippen LogP contribution in [0.5, 0.6) is 11.5 Å². The van der Waals surface area contributed by atoms with E-state index in [0.29, 0.717) is 0 Å². The molecule has 0 aliphatic heterocycles. The summed E-state index contributed by atoms with van der Waals surface area (Å²) in [7, 11) is 0. The first-order valence-corrected chi connectivity index (χ1v) is 1.95. The molecule has 38 valence electrons. The molecule has 0 spiro atoms. The summed E-state index contributed by atoms with van der Waals surface area (Å²) in [6, 6.07) is 8.96. The average molecular weight is 106 g/mol. The summed E-state index contributed by atoms with van der Waals surface area (Å²) < 4.78 is 0. The number of hydrogen-bond donors (Lipinski definition) is 2. The maximum atomic E-state index is 8.53. The lowest BCUT2D eigenvalue weighted by Gasteiger charge is -1.88. The number of hydrogen-bond acceptors (Lipinski definition) is 2. The van der Waals surface area contributed by atoms with Crippen molar-refractivity contribution in [2.75, 3.05) is 0 Å². The highest BCUT2D eigenvalue weighted by Gasteiger charge is 1.92. The van der Waals surface area contributed by atoms with E-state index in [1.54, 1.807) is 0 Å². The number of phenolic OH excluding ortho intramolecular Hbond substituents is 2. The molecule has 1 aromatic rings. The fraction of sp³-hybridized carbons (Fsp3) is 0. The largest absolute Gasteiger partial charge is 0.504 e. The van der Waals surface area contributed by atoms with Gasteiger partial charge >= 0.3 is 0 Å². The molecular formula is C6H2O2. The highest BCUT2D eigenvalue weighted by atomic mass is 16.3. The van der Waals surface area contributed by atoms with Crippen LogP contribution in [-0.2, 0) is 0 Å². The molecule has 0 aliphatic carbocycles. The Balaban J connectivity index is 3.13. The lowest BCUT2D eigenvalue weighted by atomic mass is 10.3. The van der Waals surface area contributed by atoms with E-state index in [2.05, 4.69) is 24.3 Å². The van der Waals surface area contributed by atoms with Crippen LogP contribution in [0.2, 0.25) is 0 Å². The molecule has 4 radical (unpaired) electrons. The number of benzene rings is 1. The molecular weight excluding hydrogens is 104 g/mol. The second kappa shape index (κ2) is 1.74. The molecule has 0 saturated carbocycles. The van der Waals surface area contributed by atoms with Gasteiger partial charge in [-0.3, -0.25) is 0 Å². The Morgan fingerprint density at radius 3 is 1.50 bits per heavy atom. The van der Waals surface area contributed by atoms with Crippen molar-refractivity contribution in [1.29, 1.82) is 0 Å². The van der Waals surface area contributed by atoms with Gasteiger partial charge in [0.25, 0.3) is 0 Å². The fourth-order valence-corrected chi connectivity index (χ4v) is 0.299. The van der Waals surface area contributed by atoms with E-state index in [1.807, 2.05) is 0 Å².